The highest BCUT2D eigenvalue weighted by molar-refractivity contribution is 9.10. The quantitative estimate of drug-likeness (QED) is 0.690. The zero-order chi connectivity index (χ0) is 14.9. The van der Waals surface area contributed by atoms with Gasteiger partial charge in [-0.15, -0.1) is 0 Å². The number of aromatic amines is 1. The van der Waals surface area contributed by atoms with Gasteiger partial charge in [0.15, 0.2) is 5.78 Å². The number of ketones is 1. The number of nitrogens with one attached hydrogen (secondary N) is 1. The van der Waals surface area contributed by atoms with Crippen LogP contribution in [0.1, 0.15) is 37.7 Å². The van der Waals surface area contributed by atoms with Gasteiger partial charge in [-0.3, -0.25) is 4.79 Å². The molecule has 0 unspecified atom stereocenters. The molecule has 0 saturated heterocycles. The molecule has 4 nitrogen and oxygen atoms in total. The number of esters is 1. The molecule has 0 atom stereocenters. The van der Waals surface area contributed by atoms with Crippen molar-refractivity contribution in [1.82, 2.24) is 4.98 Å². The second-order valence-electron chi connectivity index (χ2n) is 4.43. The van der Waals surface area contributed by atoms with E-state index in [-0.39, 0.29) is 5.78 Å². The highest BCUT2D eigenvalue weighted by Crippen LogP contribution is 2.26. The molecule has 2 aromatic rings. The Morgan fingerprint density at radius 3 is 2.30 bits per heavy atom. The van der Waals surface area contributed by atoms with Crippen molar-refractivity contribution in [2.24, 2.45) is 0 Å². The number of halogens is 1. The summed E-state index contributed by atoms with van der Waals surface area (Å²) in [5, 5.41) is 0. The second kappa shape index (κ2) is 5.63. The Labute approximate surface area is 125 Å². The van der Waals surface area contributed by atoms with Crippen LogP contribution in [0.3, 0.4) is 0 Å². The van der Waals surface area contributed by atoms with Crippen LogP contribution in [0.15, 0.2) is 28.7 Å². The summed E-state index contributed by atoms with van der Waals surface area (Å²) in [4.78, 5) is 27.6. The summed E-state index contributed by atoms with van der Waals surface area (Å²) in [6.07, 6.45) is 0. The second-order valence-corrected chi connectivity index (χ2v) is 5.28. The largest absolute Gasteiger partial charge is 0.465 e. The Morgan fingerprint density at radius 1 is 1.10 bits per heavy atom. The average Bonchev–Trinajstić information content (AvgIpc) is 2.72. The van der Waals surface area contributed by atoms with Crippen LogP contribution in [-0.4, -0.2) is 23.8 Å². The fourth-order valence-corrected chi connectivity index (χ4v) is 2.67. The van der Waals surface area contributed by atoms with E-state index in [2.05, 4.69) is 20.9 Å². The van der Waals surface area contributed by atoms with Crippen LogP contribution >= 0.6 is 15.9 Å². The fraction of sp³-hybridized carbons (Fsp3) is 0.200. The summed E-state index contributed by atoms with van der Waals surface area (Å²) < 4.78 is 5.46. The van der Waals surface area contributed by atoms with E-state index in [4.69, 9.17) is 4.74 Å². The summed E-state index contributed by atoms with van der Waals surface area (Å²) in [5.74, 6) is -0.720. The minimum atomic E-state index is -0.512. The molecule has 0 fully saturated rings. The molecule has 1 heterocycles. The van der Waals surface area contributed by atoms with E-state index in [1.165, 1.54) is 7.11 Å². The lowest BCUT2D eigenvalue weighted by molar-refractivity contribution is 0.0597. The standard InChI is InChI=1S/C15H14BrNO3/c1-8-12(13(9(2)17-8)15(19)20-3)14(18)10-6-4-5-7-11(10)16/h4-7,17H,1-3H3. The van der Waals surface area contributed by atoms with Gasteiger partial charge >= 0.3 is 5.97 Å². The molecule has 0 amide bonds. The number of carbonyl (C=O) groups excluding carboxylic acids is 2. The number of carbonyl (C=O) groups is 2. The maximum absolute atomic E-state index is 12.7. The molecule has 0 radical (unpaired) electrons. The number of methoxy groups -OCH3 is 1. The van der Waals surface area contributed by atoms with E-state index in [1.807, 2.05) is 6.07 Å². The number of benzene rings is 1. The third-order valence-corrected chi connectivity index (χ3v) is 3.80. The number of hydrogen-bond acceptors (Lipinski definition) is 3. The zero-order valence-corrected chi connectivity index (χ0v) is 13.0. The average molecular weight is 336 g/mol. The minimum Gasteiger partial charge on any atom is -0.465 e. The molecule has 0 aliphatic carbocycles. The van der Waals surface area contributed by atoms with Crippen LogP contribution in [0, 0.1) is 13.8 Å². The smallest absolute Gasteiger partial charge is 0.340 e. The Bertz CT molecular complexity index is 688. The number of hydrogen-bond donors (Lipinski definition) is 1. The Kier molecular flexibility index (Phi) is 4.09. The maximum Gasteiger partial charge on any atom is 0.340 e. The Hall–Kier alpha value is -1.88. The molecule has 2 rings (SSSR count). The lowest BCUT2D eigenvalue weighted by atomic mass is 9.99. The summed E-state index contributed by atoms with van der Waals surface area (Å²) in [6, 6.07) is 7.12. The highest BCUT2D eigenvalue weighted by atomic mass is 79.9. The fourth-order valence-electron chi connectivity index (χ4n) is 2.20. The van der Waals surface area contributed by atoms with Gasteiger partial charge in [0, 0.05) is 21.4 Å². The molecule has 20 heavy (non-hydrogen) atoms. The number of H-pyrrole nitrogens is 1. The third kappa shape index (κ3) is 2.41. The summed E-state index contributed by atoms with van der Waals surface area (Å²) >= 11 is 3.36. The van der Waals surface area contributed by atoms with Crippen LogP contribution in [0.5, 0.6) is 0 Å². The van der Waals surface area contributed by atoms with E-state index < -0.39 is 5.97 Å². The van der Waals surface area contributed by atoms with Crippen molar-refractivity contribution < 1.29 is 14.3 Å². The van der Waals surface area contributed by atoms with E-state index in [0.717, 1.165) is 0 Å². The van der Waals surface area contributed by atoms with E-state index in [1.54, 1.807) is 32.0 Å². The molecular weight excluding hydrogens is 322 g/mol. The number of rotatable bonds is 3. The van der Waals surface area contributed by atoms with Crippen molar-refractivity contribution in [3.8, 4) is 0 Å². The first-order chi connectivity index (χ1) is 9.47. The number of aromatic nitrogens is 1. The van der Waals surface area contributed by atoms with Gasteiger partial charge in [0.1, 0.15) is 0 Å². The molecule has 0 aliphatic rings. The molecule has 104 valence electrons. The summed E-state index contributed by atoms with van der Waals surface area (Å²) in [5.41, 5.74) is 2.46. The SMILES string of the molecule is COC(=O)c1c(C)[nH]c(C)c1C(=O)c1ccccc1Br. The van der Waals surface area contributed by atoms with Gasteiger partial charge < -0.3 is 9.72 Å². The van der Waals surface area contributed by atoms with Crippen LogP contribution < -0.4 is 0 Å². The molecule has 0 bridgehead atoms. The van der Waals surface area contributed by atoms with Crippen molar-refractivity contribution >= 4 is 27.7 Å². The normalized spacial score (nSPS) is 10.4. The van der Waals surface area contributed by atoms with Gasteiger partial charge in [0.2, 0.25) is 0 Å². The molecule has 1 aromatic carbocycles. The first-order valence-electron chi connectivity index (χ1n) is 6.04. The topological polar surface area (TPSA) is 59.2 Å². The van der Waals surface area contributed by atoms with E-state index in [0.29, 0.717) is 32.6 Å². The molecule has 0 spiro atoms. The van der Waals surface area contributed by atoms with Crippen molar-refractivity contribution in [1.29, 1.82) is 0 Å². The molecule has 1 aromatic heterocycles. The minimum absolute atomic E-state index is 0.209. The van der Waals surface area contributed by atoms with Crippen molar-refractivity contribution in [3.63, 3.8) is 0 Å². The lowest BCUT2D eigenvalue weighted by Gasteiger charge is -2.06. The zero-order valence-electron chi connectivity index (χ0n) is 11.4. The summed E-state index contributed by atoms with van der Waals surface area (Å²) in [6.45, 7) is 3.51. The molecule has 1 N–H and O–H groups in total. The maximum atomic E-state index is 12.7. The first-order valence-corrected chi connectivity index (χ1v) is 6.83. The monoisotopic (exact) mass is 335 g/mol. The van der Waals surface area contributed by atoms with Gasteiger partial charge in [-0.2, -0.15) is 0 Å². The van der Waals surface area contributed by atoms with Gasteiger partial charge in [0.25, 0.3) is 0 Å². The third-order valence-electron chi connectivity index (χ3n) is 3.11. The molecule has 0 saturated carbocycles. The van der Waals surface area contributed by atoms with Gasteiger partial charge in [-0.05, 0) is 26.0 Å². The molecular formula is C15H14BrNO3. The number of aryl methyl sites for hydroxylation is 2. The van der Waals surface area contributed by atoms with Crippen molar-refractivity contribution in [2.45, 2.75) is 13.8 Å². The predicted molar refractivity (Wildman–Crippen MR) is 79.2 cm³/mol. The molecule has 0 aliphatic heterocycles. The Morgan fingerprint density at radius 2 is 1.70 bits per heavy atom. The summed E-state index contributed by atoms with van der Waals surface area (Å²) in [7, 11) is 1.30. The van der Waals surface area contributed by atoms with Crippen molar-refractivity contribution in [3.05, 3.63) is 56.8 Å². The van der Waals surface area contributed by atoms with Crippen LogP contribution in [-0.2, 0) is 4.74 Å². The lowest BCUT2D eigenvalue weighted by Crippen LogP contribution is -2.11. The Balaban J connectivity index is 2.61. The van der Waals surface area contributed by atoms with Crippen LogP contribution in [0.2, 0.25) is 0 Å². The van der Waals surface area contributed by atoms with Gasteiger partial charge in [-0.1, -0.05) is 28.1 Å². The van der Waals surface area contributed by atoms with Gasteiger partial charge in [-0.25, -0.2) is 4.79 Å². The van der Waals surface area contributed by atoms with Crippen molar-refractivity contribution in [2.75, 3.05) is 7.11 Å². The first kappa shape index (κ1) is 14.5. The predicted octanol–water partition coefficient (Wildman–Crippen LogP) is 3.41. The van der Waals surface area contributed by atoms with Crippen LogP contribution in [0.4, 0.5) is 0 Å². The van der Waals surface area contributed by atoms with E-state index >= 15 is 0 Å². The van der Waals surface area contributed by atoms with Gasteiger partial charge in [0.05, 0.1) is 18.2 Å². The van der Waals surface area contributed by atoms with E-state index in [9.17, 15) is 9.59 Å². The number of ether oxygens (including phenoxy) is 1. The highest BCUT2D eigenvalue weighted by Gasteiger charge is 2.26. The van der Waals surface area contributed by atoms with Crippen LogP contribution in [0.25, 0.3) is 0 Å². The molecule has 5 heteroatoms.